The number of nitrogens with two attached hydrogens (primary N) is 1. The van der Waals surface area contributed by atoms with Crippen LogP contribution in [0.15, 0.2) is 34.1 Å². The van der Waals surface area contributed by atoms with Gasteiger partial charge in [-0.2, -0.15) is 0 Å². The number of hydrogen-bond donors (Lipinski definition) is 1. The van der Waals surface area contributed by atoms with Crippen LogP contribution in [0, 0.1) is 6.92 Å². The van der Waals surface area contributed by atoms with E-state index in [2.05, 4.69) is 15.9 Å². The molecule has 2 N–H and O–H groups in total. The maximum absolute atomic E-state index is 12.7. The quantitative estimate of drug-likeness (QED) is 0.857. The molecular weight excluding hydrogens is 336 g/mol. The molecule has 0 bridgehead atoms. The Balaban J connectivity index is 1.99. The lowest BCUT2D eigenvalue weighted by molar-refractivity contribution is 0.0987. The number of nitrogens with zero attached hydrogens (tertiary/aromatic N) is 1. The molecule has 1 atom stereocenters. The van der Waals surface area contributed by atoms with E-state index in [-0.39, 0.29) is 11.9 Å². The van der Waals surface area contributed by atoms with E-state index in [9.17, 15) is 4.79 Å². The molecule has 104 valence electrons. The number of amides is 1. The monoisotopic (exact) mass is 350 g/mol. The Kier molecular flexibility index (Phi) is 3.67. The van der Waals surface area contributed by atoms with Crippen molar-refractivity contribution in [2.75, 3.05) is 11.4 Å². The predicted octanol–water partition coefficient (Wildman–Crippen LogP) is 3.35. The maximum atomic E-state index is 12.7. The summed E-state index contributed by atoms with van der Waals surface area (Å²) in [5, 5.41) is 0. The van der Waals surface area contributed by atoms with E-state index in [0.29, 0.717) is 6.54 Å². The van der Waals surface area contributed by atoms with E-state index in [1.54, 1.807) is 4.90 Å². The zero-order chi connectivity index (χ0) is 14.3. The van der Waals surface area contributed by atoms with Gasteiger partial charge in [-0.15, -0.1) is 11.3 Å². The third-order valence-electron chi connectivity index (χ3n) is 3.49. The minimum Gasteiger partial charge on any atom is -0.326 e. The third-order valence-corrected chi connectivity index (χ3v) is 5.62. The maximum Gasteiger partial charge on any atom is 0.268 e. The van der Waals surface area contributed by atoms with Crippen molar-refractivity contribution in [3.63, 3.8) is 0 Å². The van der Waals surface area contributed by atoms with E-state index in [1.807, 2.05) is 37.3 Å². The molecule has 1 unspecified atom stereocenters. The van der Waals surface area contributed by atoms with E-state index >= 15 is 0 Å². The Morgan fingerprint density at radius 2 is 2.20 bits per heavy atom. The molecule has 3 rings (SSSR count). The van der Waals surface area contributed by atoms with Gasteiger partial charge in [-0.05, 0) is 52.5 Å². The fraction of sp³-hybridized carbons (Fsp3) is 0.267. The Hall–Kier alpha value is -1.17. The summed E-state index contributed by atoms with van der Waals surface area (Å²) in [6, 6.07) is 9.92. The lowest BCUT2D eigenvalue weighted by Gasteiger charge is -2.32. The second kappa shape index (κ2) is 5.31. The molecular formula is C15H15BrN2OS. The predicted molar refractivity (Wildman–Crippen MR) is 86.6 cm³/mol. The second-order valence-electron chi connectivity index (χ2n) is 5.08. The zero-order valence-electron chi connectivity index (χ0n) is 11.1. The molecule has 1 aliphatic rings. The first-order valence-corrected chi connectivity index (χ1v) is 8.08. The average Bonchev–Trinajstić information content (AvgIpc) is 2.77. The summed E-state index contributed by atoms with van der Waals surface area (Å²) in [6.07, 6.45) is 0.827. The number of thiophene rings is 1. The number of hydrogen-bond acceptors (Lipinski definition) is 3. The summed E-state index contributed by atoms with van der Waals surface area (Å²) in [4.78, 5) is 15.3. The molecule has 0 spiro atoms. The van der Waals surface area contributed by atoms with Gasteiger partial charge in [-0.25, -0.2) is 0 Å². The molecule has 3 nitrogen and oxygen atoms in total. The van der Waals surface area contributed by atoms with Crippen LogP contribution in [-0.2, 0) is 6.42 Å². The number of carbonyl (C=O) groups excluding carboxylic acids is 1. The average molecular weight is 351 g/mol. The normalized spacial score (nSPS) is 17.9. The SMILES string of the molecule is Cc1cc(C(=O)N2CC(N)Cc3ccccc32)sc1Br. The number of anilines is 1. The highest BCUT2D eigenvalue weighted by atomic mass is 79.9. The molecule has 1 aromatic heterocycles. The Labute approximate surface area is 130 Å². The fourth-order valence-corrected chi connectivity index (χ4v) is 4.00. The number of fused-ring (bicyclic) bond motifs is 1. The van der Waals surface area contributed by atoms with Crippen molar-refractivity contribution in [2.24, 2.45) is 5.73 Å². The van der Waals surface area contributed by atoms with Gasteiger partial charge in [0.15, 0.2) is 0 Å². The first-order chi connectivity index (χ1) is 9.56. The van der Waals surface area contributed by atoms with Crippen molar-refractivity contribution < 1.29 is 4.79 Å². The van der Waals surface area contributed by atoms with Gasteiger partial charge in [0.1, 0.15) is 0 Å². The summed E-state index contributed by atoms with van der Waals surface area (Å²) in [5.74, 6) is 0.0337. The first kappa shape index (κ1) is 13.8. The molecule has 1 aliphatic heterocycles. The molecule has 0 fully saturated rings. The van der Waals surface area contributed by atoms with E-state index in [0.717, 1.165) is 31.9 Å². The van der Waals surface area contributed by atoms with Crippen molar-refractivity contribution in [1.82, 2.24) is 0 Å². The van der Waals surface area contributed by atoms with E-state index in [4.69, 9.17) is 5.73 Å². The Bertz CT molecular complexity index is 648. The topological polar surface area (TPSA) is 46.3 Å². The largest absolute Gasteiger partial charge is 0.326 e. The van der Waals surface area contributed by atoms with Crippen LogP contribution in [0.4, 0.5) is 5.69 Å². The zero-order valence-corrected chi connectivity index (χ0v) is 13.5. The molecule has 0 radical (unpaired) electrons. The molecule has 0 saturated carbocycles. The van der Waals surface area contributed by atoms with Gasteiger partial charge in [-0.3, -0.25) is 4.79 Å². The van der Waals surface area contributed by atoms with Crippen LogP contribution < -0.4 is 10.6 Å². The second-order valence-corrected chi connectivity index (χ2v) is 7.45. The molecule has 0 saturated heterocycles. The van der Waals surface area contributed by atoms with Gasteiger partial charge < -0.3 is 10.6 Å². The summed E-state index contributed by atoms with van der Waals surface area (Å²) in [5.41, 5.74) is 9.31. The van der Waals surface area contributed by atoms with Crippen LogP contribution in [0.2, 0.25) is 0 Å². The van der Waals surface area contributed by atoms with Crippen LogP contribution >= 0.6 is 27.3 Å². The molecule has 1 amide bonds. The first-order valence-electron chi connectivity index (χ1n) is 6.47. The lowest BCUT2D eigenvalue weighted by atomic mass is 9.98. The lowest BCUT2D eigenvalue weighted by Crippen LogP contribution is -2.46. The molecule has 1 aromatic carbocycles. The summed E-state index contributed by atoms with van der Waals surface area (Å²) in [6.45, 7) is 2.57. The minimum atomic E-state index is -0.00153. The molecule has 0 aliphatic carbocycles. The van der Waals surface area contributed by atoms with Crippen LogP contribution in [0.5, 0.6) is 0 Å². The Morgan fingerprint density at radius 1 is 1.45 bits per heavy atom. The highest BCUT2D eigenvalue weighted by Gasteiger charge is 2.28. The van der Waals surface area contributed by atoms with Gasteiger partial charge in [0.05, 0.1) is 8.66 Å². The summed E-state index contributed by atoms with van der Waals surface area (Å²) < 4.78 is 1.01. The number of para-hydroxylation sites is 1. The molecule has 5 heteroatoms. The number of aryl methyl sites for hydroxylation is 1. The van der Waals surface area contributed by atoms with Crippen molar-refractivity contribution >= 4 is 38.9 Å². The van der Waals surface area contributed by atoms with Crippen LogP contribution in [0.25, 0.3) is 0 Å². The van der Waals surface area contributed by atoms with Gasteiger partial charge >= 0.3 is 0 Å². The van der Waals surface area contributed by atoms with E-state index < -0.39 is 0 Å². The fourth-order valence-electron chi connectivity index (χ4n) is 2.52. The minimum absolute atomic E-state index is 0.00153. The van der Waals surface area contributed by atoms with Gasteiger partial charge in [-0.1, -0.05) is 18.2 Å². The van der Waals surface area contributed by atoms with Crippen LogP contribution in [-0.4, -0.2) is 18.5 Å². The Morgan fingerprint density at radius 3 is 2.90 bits per heavy atom. The number of benzene rings is 1. The summed E-state index contributed by atoms with van der Waals surface area (Å²) in [7, 11) is 0. The van der Waals surface area contributed by atoms with Gasteiger partial charge in [0, 0.05) is 18.3 Å². The standard InChI is InChI=1S/C15H15BrN2OS/c1-9-6-13(20-14(9)16)15(19)18-8-11(17)7-10-4-2-3-5-12(10)18/h2-6,11H,7-8,17H2,1H3. The van der Waals surface area contributed by atoms with Crippen LogP contribution in [0.3, 0.4) is 0 Å². The van der Waals surface area contributed by atoms with Crippen molar-refractivity contribution in [2.45, 2.75) is 19.4 Å². The number of rotatable bonds is 1. The van der Waals surface area contributed by atoms with Crippen molar-refractivity contribution in [3.05, 3.63) is 50.1 Å². The van der Waals surface area contributed by atoms with Crippen LogP contribution in [0.1, 0.15) is 20.8 Å². The smallest absolute Gasteiger partial charge is 0.268 e. The third kappa shape index (κ3) is 2.41. The van der Waals surface area contributed by atoms with Crippen molar-refractivity contribution in [1.29, 1.82) is 0 Å². The number of halogens is 1. The molecule has 2 heterocycles. The molecule has 2 aromatic rings. The van der Waals surface area contributed by atoms with Crippen molar-refractivity contribution in [3.8, 4) is 0 Å². The van der Waals surface area contributed by atoms with Gasteiger partial charge in [0.25, 0.3) is 5.91 Å². The molecule has 20 heavy (non-hydrogen) atoms. The summed E-state index contributed by atoms with van der Waals surface area (Å²) >= 11 is 4.95. The van der Waals surface area contributed by atoms with E-state index in [1.165, 1.54) is 11.3 Å². The highest BCUT2D eigenvalue weighted by Crippen LogP contribution is 2.32. The highest BCUT2D eigenvalue weighted by molar-refractivity contribution is 9.11. The van der Waals surface area contributed by atoms with Gasteiger partial charge in [0.2, 0.25) is 0 Å². The number of carbonyl (C=O) groups is 1.